The molecule has 0 saturated heterocycles. The zero-order valence-electron chi connectivity index (χ0n) is 13.8. The molecule has 0 aliphatic rings. The monoisotopic (exact) mass is 360 g/mol. The van der Waals surface area contributed by atoms with Gasteiger partial charge in [0.25, 0.3) is 0 Å². The van der Waals surface area contributed by atoms with Gasteiger partial charge in [0.05, 0.1) is 22.3 Å². The van der Waals surface area contributed by atoms with Crippen molar-refractivity contribution < 1.29 is 0 Å². The lowest BCUT2D eigenvalue weighted by Crippen LogP contribution is -1.99. The number of aryl methyl sites for hydroxylation is 1. The second-order valence-electron chi connectivity index (χ2n) is 6.07. The largest absolute Gasteiger partial charge is 0.264 e. The Labute approximate surface area is 153 Å². The van der Waals surface area contributed by atoms with Crippen molar-refractivity contribution in [3.8, 4) is 17.1 Å². The maximum Gasteiger partial charge on any atom is 0.175 e. The van der Waals surface area contributed by atoms with Gasteiger partial charge in [-0.25, -0.2) is 9.67 Å². The molecule has 0 unspecified atom stereocenters. The highest BCUT2D eigenvalue weighted by atomic mass is 35.5. The van der Waals surface area contributed by atoms with Crippen molar-refractivity contribution in [3.05, 3.63) is 71.6 Å². The maximum atomic E-state index is 6.32. The van der Waals surface area contributed by atoms with Crippen molar-refractivity contribution in [2.45, 2.75) is 6.92 Å². The van der Waals surface area contributed by atoms with Crippen molar-refractivity contribution in [1.82, 2.24) is 29.4 Å². The number of aromatic nitrogens is 6. The molecular weight excluding hydrogens is 348 g/mol. The van der Waals surface area contributed by atoms with Gasteiger partial charge in [0.2, 0.25) is 0 Å². The second kappa shape index (κ2) is 5.64. The molecule has 0 saturated carbocycles. The van der Waals surface area contributed by atoms with E-state index in [0.717, 1.165) is 27.8 Å². The van der Waals surface area contributed by atoms with E-state index in [1.54, 1.807) is 12.5 Å². The number of rotatable bonds is 2. The van der Waals surface area contributed by atoms with Crippen molar-refractivity contribution in [3.63, 3.8) is 0 Å². The molecule has 0 amide bonds. The van der Waals surface area contributed by atoms with E-state index in [4.69, 9.17) is 11.6 Å². The molecule has 0 atom stereocenters. The first kappa shape index (κ1) is 15.0. The van der Waals surface area contributed by atoms with Crippen molar-refractivity contribution in [2.75, 3.05) is 0 Å². The van der Waals surface area contributed by atoms with Crippen LogP contribution in [-0.2, 0) is 0 Å². The van der Waals surface area contributed by atoms with Gasteiger partial charge in [0.1, 0.15) is 6.33 Å². The topological polar surface area (TPSA) is 60.9 Å². The smallest absolute Gasteiger partial charge is 0.175 e. The Bertz CT molecular complexity index is 1270. The van der Waals surface area contributed by atoms with E-state index in [1.165, 1.54) is 0 Å². The molecule has 0 N–H and O–H groups in total. The number of nitrogens with zero attached hydrogens (tertiary/aromatic N) is 6. The van der Waals surface area contributed by atoms with Crippen LogP contribution in [0.3, 0.4) is 0 Å². The molecule has 126 valence electrons. The Morgan fingerprint density at radius 3 is 2.69 bits per heavy atom. The minimum atomic E-state index is 0.623. The fraction of sp³-hybridized carbons (Fsp3) is 0.0526. The third-order valence-corrected chi connectivity index (χ3v) is 4.67. The number of hydrogen-bond donors (Lipinski definition) is 0. The van der Waals surface area contributed by atoms with E-state index in [0.29, 0.717) is 16.5 Å². The molecule has 0 aliphatic carbocycles. The predicted octanol–water partition coefficient (Wildman–Crippen LogP) is 4.09. The zero-order chi connectivity index (χ0) is 17.7. The summed E-state index contributed by atoms with van der Waals surface area (Å²) in [4.78, 5) is 4.60. The first-order chi connectivity index (χ1) is 12.7. The number of halogens is 1. The highest BCUT2D eigenvalue weighted by molar-refractivity contribution is 6.33. The molecule has 7 heteroatoms. The summed E-state index contributed by atoms with van der Waals surface area (Å²) in [6, 6.07) is 15.7. The van der Waals surface area contributed by atoms with Gasteiger partial charge in [-0.05, 0) is 36.8 Å². The lowest BCUT2D eigenvalue weighted by molar-refractivity contribution is 0.892. The first-order valence-electron chi connectivity index (χ1n) is 8.12. The highest BCUT2D eigenvalue weighted by Gasteiger charge is 2.16. The van der Waals surface area contributed by atoms with Crippen LogP contribution >= 0.6 is 11.6 Å². The normalized spacial score (nSPS) is 11.5. The summed E-state index contributed by atoms with van der Waals surface area (Å²) in [5.74, 6) is 0.656. The number of benzene rings is 2. The minimum Gasteiger partial charge on any atom is -0.264 e. The molecule has 26 heavy (non-hydrogen) atoms. The SMILES string of the molecule is Cc1cccc(-n2ncc3c2ncn2c(-c4ccccc4Cl)nnc32)c1. The van der Waals surface area contributed by atoms with Crippen LogP contribution in [0.1, 0.15) is 5.56 Å². The summed E-state index contributed by atoms with van der Waals surface area (Å²) in [6.45, 7) is 2.05. The molecule has 5 aromatic rings. The molecule has 0 radical (unpaired) electrons. The third-order valence-electron chi connectivity index (χ3n) is 4.34. The Morgan fingerprint density at radius 2 is 1.85 bits per heavy atom. The van der Waals surface area contributed by atoms with Crippen molar-refractivity contribution in [1.29, 1.82) is 0 Å². The van der Waals surface area contributed by atoms with Crippen LogP contribution in [0.15, 0.2) is 61.1 Å². The van der Waals surface area contributed by atoms with Gasteiger partial charge in [-0.2, -0.15) is 5.10 Å². The van der Waals surface area contributed by atoms with Crippen molar-refractivity contribution in [2.24, 2.45) is 0 Å². The molecule has 3 heterocycles. The van der Waals surface area contributed by atoms with Crippen LogP contribution < -0.4 is 0 Å². The van der Waals surface area contributed by atoms with Crippen LogP contribution in [0.2, 0.25) is 5.02 Å². The Hall–Kier alpha value is -3.25. The lowest BCUT2D eigenvalue weighted by Gasteiger charge is -2.05. The zero-order valence-corrected chi connectivity index (χ0v) is 14.6. The molecule has 5 rings (SSSR count). The summed E-state index contributed by atoms with van der Waals surface area (Å²) >= 11 is 6.32. The molecule has 6 nitrogen and oxygen atoms in total. The molecular formula is C19H13ClN6. The summed E-state index contributed by atoms with van der Waals surface area (Å²) < 4.78 is 3.65. The lowest BCUT2D eigenvalue weighted by atomic mass is 10.2. The summed E-state index contributed by atoms with van der Waals surface area (Å²) in [7, 11) is 0. The van der Waals surface area contributed by atoms with E-state index in [2.05, 4.69) is 39.3 Å². The second-order valence-corrected chi connectivity index (χ2v) is 6.48. The first-order valence-corrected chi connectivity index (χ1v) is 8.49. The van der Waals surface area contributed by atoms with Crippen LogP contribution in [0, 0.1) is 6.92 Å². The van der Waals surface area contributed by atoms with E-state index < -0.39 is 0 Å². The third kappa shape index (κ3) is 2.19. The summed E-state index contributed by atoms with van der Waals surface area (Å²) in [5, 5.41) is 14.6. The van der Waals surface area contributed by atoms with E-state index in [9.17, 15) is 0 Å². The summed E-state index contributed by atoms with van der Waals surface area (Å²) in [6.07, 6.45) is 3.48. The van der Waals surface area contributed by atoms with Gasteiger partial charge in [0, 0.05) is 5.56 Å². The van der Waals surface area contributed by atoms with Gasteiger partial charge in [-0.1, -0.05) is 35.9 Å². The highest BCUT2D eigenvalue weighted by Crippen LogP contribution is 2.28. The quantitative estimate of drug-likeness (QED) is 0.475. The van der Waals surface area contributed by atoms with Crippen LogP contribution in [0.25, 0.3) is 33.8 Å². The van der Waals surface area contributed by atoms with E-state index >= 15 is 0 Å². The number of hydrogen-bond acceptors (Lipinski definition) is 4. The standard InChI is InChI=1S/C19H13ClN6/c1-12-5-4-6-13(9-12)26-17-15(10-22-26)19-24-23-18(25(19)11-21-17)14-7-2-3-8-16(14)20/h2-11H,1H3. The van der Waals surface area contributed by atoms with Gasteiger partial charge < -0.3 is 0 Å². The van der Waals surface area contributed by atoms with E-state index in [-0.39, 0.29) is 0 Å². The molecule has 0 bridgehead atoms. The molecule has 3 aromatic heterocycles. The Kier molecular flexibility index (Phi) is 3.26. The maximum absolute atomic E-state index is 6.32. The van der Waals surface area contributed by atoms with Crippen LogP contribution in [-0.4, -0.2) is 29.4 Å². The van der Waals surface area contributed by atoms with Gasteiger partial charge >= 0.3 is 0 Å². The Morgan fingerprint density at radius 1 is 0.962 bits per heavy atom. The average Bonchev–Trinajstić information content (AvgIpc) is 3.26. The molecule has 0 fully saturated rings. The number of fused-ring (bicyclic) bond motifs is 3. The van der Waals surface area contributed by atoms with Gasteiger partial charge in [-0.3, -0.25) is 4.40 Å². The molecule has 0 aliphatic heterocycles. The summed E-state index contributed by atoms with van der Waals surface area (Å²) in [5.41, 5.74) is 4.37. The van der Waals surface area contributed by atoms with Crippen molar-refractivity contribution >= 4 is 28.3 Å². The van der Waals surface area contributed by atoms with Gasteiger partial charge in [-0.15, -0.1) is 10.2 Å². The molecule has 0 spiro atoms. The van der Waals surface area contributed by atoms with Crippen LogP contribution in [0.5, 0.6) is 0 Å². The Balaban J connectivity index is 1.75. The minimum absolute atomic E-state index is 0.623. The fourth-order valence-corrected chi connectivity index (χ4v) is 3.32. The van der Waals surface area contributed by atoms with Gasteiger partial charge in [0.15, 0.2) is 17.1 Å². The van der Waals surface area contributed by atoms with E-state index in [1.807, 2.05) is 45.5 Å². The predicted molar refractivity (Wildman–Crippen MR) is 101 cm³/mol. The van der Waals surface area contributed by atoms with Crippen LogP contribution in [0.4, 0.5) is 0 Å². The molecule has 2 aromatic carbocycles. The fourth-order valence-electron chi connectivity index (χ4n) is 3.10. The average molecular weight is 361 g/mol.